The molecule has 0 atom stereocenters. The summed E-state index contributed by atoms with van der Waals surface area (Å²) in [6.07, 6.45) is 0.857. The Balaban J connectivity index is 1.79. The molecule has 1 amide bonds. The summed E-state index contributed by atoms with van der Waals surface area (Å²) in [7, 11) is -3.54. The minimum atomic E-state index is -3.54. The molecule has 0 fully saturated rings. The van der Waals surface area contributed by atoms with Gasteiger partial charge in [0, 0.05) is 23.0 Å². The molecule has 140 valence electrons. The van der Waals surface area contributed by atoms with Crippen LogP contribution in [0.5, 0.6) is 0 Å². The zero-order valence-electron chi connectivity index (χ0n) is 14.9. The predicted octanol–water partition coefficient (Wildman–Crippen LogP) is 3.29. The Morgan fingerprint density at radius 2 is 1.69 bits per heavy atom. The molecule has 0 heterocycles. The second-order valence-electron chi connectivity index (χ2n) is 6.07. The van der Waals surface area contributed by atoms with Crippen molar-refractivity contribution in [1.29, 1.82) is 0 Å². The van der Waals surface area contributed by atoms with Gasteiger partial charge >= 0.3 is 0 Å². The van der Waals surface area contributed by atoms with Crippen LogP contribution in [0.1, 0.15) is 30.6 Å². The monoisotopic (exact) mass is 392 g/mol. The second kappa shape index (κ2) is 9.75. The normalized spacial score (nSPS) is 11.5. The molecule has 0 aromatic heterocycles. The lowest BCUT2D eigenvalue weighted by Crippen LogP contribution is -2.30. The Morgan fingerprint density at radius 3 is 2.31 bits per heavy atom. The summed E-state index contributed by atoms with van der Waals surface area (Å²) >= 11 is 1.75. The Bertz CT molecular complexity index is 804. The van der Waals surface area contributed by atoms with Gasteiger partial charge in [0.1, 0.15) is 0 Å². The zero-order chi connectivity index (χ0) is 19.0. The molecule has 0 aliphatic rings. The zero-order valence-corrected chi connectivity index (χ0v) is 16.6. The average molecular weight is 393 g/mol. The average Bonchev–Trinajstić information content (AvgIpc) is 2.61. The highest BCUT2D eigenvalue weighted by molar-refractivity contribution is 7.99. The molecular weight excluding hydrogens is 368 g/mol. The molecule has 0 aliphatic carbocycles. The lowest BCUT2D eigenvalue weighted by molar-refractivity contribution is 0.0953. The van der Waals surface area contributed by atoms with Gasteiger partial charge in [0.05, 0.1) is 4.90 Å². The predicted molar refractivity (Wildman–Crippen MR) is 106 cm³/mol. The maximum Gasteiger partial charge on any atom is 0.251 e. The number of thioether (sulfide) groups is 1. The van der Waals surface area contributed by atoms with E-state index in [1.54, 1.807) is 25.6 Å². The van der Waals surface area contributed by atoms with Crippen molar-refractivity contribution in [2.45, 2.75) is 36.1 Å². The first kappa shape index (κ1) is 20.5. The van der Waals surface area contributed by atoms with Crippen LogP contribution in [-0.2, 0) is 10.0 Å². The molecule has 0 saturated heterocycles. The van der Waals surface area contributed by atoms with Crippen molar-refractivity contribution in [3.63, 3.8) is 0 Å². The number of hydrogen-bond acceptors (Lipinski definition) is 4. The number of carbonyl (C=O) groups is 1. The third-order valence-electron chi connectivity index (χ3n) is 3.44. The highest BCUT2D eigenvalue weighted by atomic mass is 32.2. The highest BCUT2D eigenvalue weighted by Crippen LogP contribution is 2.17. The molecule has 7 heteroatoms. The van der Waals surface area contributed by atoms with Gasteiger partial charge in [-0.3, -0.25) is 4.79 Å². The molecule has 2 aromatic rings. The van der Waals surface area contributed by atoms with Crippen LogP contribution in [0.4, 0.5) is 0 Å². The Kier molecular flexibility index (Phi) is 7.68. The van der Waals surface area contributed by atoms with Gasteiger partial charge in [0.2, 0.25) is 10.0 Å². The fourth-order valence-corrected chi connectivity index (χ4v) is 4.37. The van der Waals surface area contributed by atoms with Crippen molar-refractivity contribution < 1.29 is 13.2 Å². The summed E-state index contributed by atoms with van der Waals surface area (Å²) in [4.78, 5) is 13.5. The minimum Gasteiger partial charge on any atom is -0.352 e. The van der Waals surface area contributed by atoms with E-state index in [-0.39, 0.29) is 16.8 Å². The molecular formula is C19H24N2O3S2. The van der Waals surface area contributed by atoms with E-state index in [0.29, 0.717) is 12.1 Å². The molecule has 5 nitrogen and oxygen atoms in total. The van der Waals surface area contributed by atoms with E-state index in [9.17, 15) is 13.2 Å². The summed E-state index contributed by atoms with van der Waals surface area (Å²) in [6, 6.07) is 15.9. The molecule has 0 unspecified atom stereocenters. The van der Waals surface area contributed by atoms with E-state index in [4.69, 9.17) is 0 Å². The number of amides is 1. The van der Waals surface area contributed by atoms with Crippen molar-refractivity contribution in [2.24, 2.45) is 0 Å². The molecule has 0 radical (unpaired) electrons. The molecule has 0 saturated carbocycles. The third kappa shape index (κ3) is 6.48. The van der Waals surface area contributed by atoms with Crippen LogP contribution in [0.3, 0.4) is 0 Å². The Morgan fingerprint density at radius 1 is 1.04 bits per heavy atom. The van der Waals surface area contributed by atoms with Crippen LogP contribution in [0.2, 0.25) is 0 Å². The summed E-state index contributed by atoms with van der Waals surface area (Å²) in [6.45, 7) is 4.10. The van der Waals surface area contributed by atoms with Crippen LogP contribution in [-0.4, -0.2) is 32.7 Å². The van der Waals surface area contributed by atoms with Gasteiger partial charge in [-0.25, -0.2) is 13.1 Å². The van der Waals surface area contributed by atoms with E-state index in [0.717, 1.165) is 12.2 Å². The van der Waals surface area contributed by atoms with Crippen LogP contribution in [0.15, 0.2) is 64.4 Å². The molecule has 26 heavy (non-hydrogen) atoms. The van der Waals surface area contributed by atoms with Crippen molar-refractivity contribution in [3.8, 4) is 0 Å². The van der Waals surface area contributed by atoms with Crippen LogP contribution < -0.4 is 10.0 Å². The van der Waals surface area contributed by atoms with Crippen molar-refractivity contribution in [2.75, 3.05) is 12.3 Å². The van der Waals surface area contributed by atoms with E-state index >= 15 is 0 Å². The summed E-state index contributed by atoms with van der Waals surface area (Å²) in [5.74, 6) is 0.720. The van der Waals surface area contributed by atoms with Gasteiger partial charge in [-0.1, -0.05) is 18.2 Å². The van der Waals surface area contributed by atoms with Crippen molar-refractivity contribution in [3.05, 3.63) is 60.2 Å². The van der Waals surface area contributed by atoms with Crippen LogP contribution in [0, 0.1) is 0 Å². The third-order valence-corrected chi connectivity index (χ3v) is 6.21. The quantitative estimate of drug-likeness (QED) is 0.507. The summed E-state index contributed by atoms with van der Waals surface area (Å²) < 4.78 is 26.7. The van der Waals surface area contributed by atoms with Gasteiger partial charge in [-0.15, -0.1) is 11.8 Å². The molecule has 2 aromatic carbocycles. The van der Waals surface area contributed by atoms with Gasteiger partial charge in [-0.2, -0.15) is 0 Å². The fraction of sp³-hybridized carbons (Fsp3) is 0.316. The first-order valence-electron chi connectivity index (χ1n) is 8.47. The molecule has 2 N–H and O–H groups in total. The Hall–Kier alpha value is -1.83. The van der Waals surface area contributed by atoms with E-state index in [1.165, 1.54) is 29.2 Å². The number of hydrogen-bond donors (Lipinski definition) is 2. The number of benzene rings is 2. The highest BCUT2D eigenvalue weighted by Gasteiger charge is 2.15. The number of nitrogens with one attached hydrogen (secondary N) is 2. The molecule has 2 rings (SSSR count). The smallest absolute Gasteiger partial charge is 0.251 e. The number of carbonyl (C=O) groups excluding carboxylic acids is 1. The standard InChI is InChI=1S/C19H24N2O3S2/c1-15(2)21-26(23,24)18-11-9-16(10-12-18)19(22)20-13-6-14-25-17-7-4-3-5-8-17/h3-5,7-12,15,21H,6,13-14H2,1-2H3,(H,20,22). The van der Waals surface area contributed by atoms with Gasteiger partial charge in [0.15, 0.2) is 0 Å². The van der Waals surface area contributed by atoms with Crippen molar-refractivity contribution >= 4 is 27.7 Å². The summed E-state index contributed by atoms with van der Waals surface area (Å²) in [5, 5.41) is 2.86. The van der Waals surface area contributed by atoms with Crippen LogP contribution in [0.25, 0.3) is 0 Å². The largest absolute Gasteiger partial charge is 0.352 e. The lowest BCUT2D eigenvalue weighted by Gasteiger charge is -2.10. The first-order chi connectivity index (χ1) is 12.4. The SMILES string of the molecule is CC(C)NS(=O)(=O)c1ccc(C(=O)NCCCSc2ccccc2)cc1. The summed E-state index contributed by atoms with van der Waals surface area (Å²) in [5.41, 5.74) is 0.448. The van der Waals surface area contributed by atoms with Gasteiger partial charge in [0.25, 0.3) is 5.91 Å². The first-order valence-corrected chi connectivity index (χ1v) is 10.9. The van der Waals surface area contributed by atoms with E-state index < -0.39 is 10.0 Å². The van der Waals surface area contributed by atoms with Crippen molar-refractivity contribution in [1.82, 2.24) is 10.0 Å². The molecule has 0 bridgehead atoms. The van der Waals surface area contributed by atoms with Gasteiger partial charge in [-0.05, 0) is 62.4 Å². The number of rotatable bonds is 9. The topological polar surface area (TPSA) is 75.3 Å². The van der Waals surface area contributed by atoms with Gasteiger partial charge < -0.3 is 5.32 Å². The Labute approximate surface area is 159 Å². The van der Waals surface area contributed by atoms with E-state index in [2.05, 4.69) is 22.2 Å². The van der Waals surface area contributed by atoms with E-state index in [1.807, 2.05) is 18.2 Å². The fourth-order valence-electron chi connectivity index (χ4n) is 2.25. The van der Waals surface area contributed by atoms with Crippen LogP contribution >= 0.6 is 11.8 Å². The second-order valence-corrected chi connectivity index (χ2v) is 8.95. The number of sulfonamides is 1. The molecule has 0 aliphatic heterocycles. The minimum absolute atomic E-state index is 0.155. The lowest BCUT2D eigenvalue weighted by atomic mass is 10.2. The maximum atomic E-state index is 12.1. The molecule has 0 spiro atoms. The maximum absolute atomic E-state index is 12.1.